The van der Waals surface area contributed by atoms with Gasteiger partial charge in [0.05, 0.1) is 0 Å². The largest absolute Gasteiger partial charge is 0.484 e. The second-order valence-corrected chi connectivity index (χ2v) is 5.36. The summed E-state index contributed by atoms with van der Waals surface area (Å²) in [6.45, 7) is 0.0319. The van der Waals surface area contributed by atoms with Gasteiger partial charge in [-0.05, 0) is 49.9 Å². The van der Waals surface area contributed by atoms with E-state index in [9.17, 15) is 4.79 Å². The highest BCUT2D eigenvalue weighted by molar-refractivity contribution is 6.30. The number of halogens is 1. The van der Waals surface area contributed by atoms with Crippen molar-refractivity contribution < 1.29 is 9.53 Å². The minimum atomic E-state index is -0.0876. The lowest BCUT2D eigenvalue weighted by atomic mass is 9.92. The molecule has 0 heterocycles. The van der Waals surface area contributed by atoms with Crippen molar-refractivity contribution in [1.82, 2.24) is 5.32 Å². The molecule has 2 rings (SSSR count). The molecule has 0 spiro atoms. The number of nitrogens with two attached hydrogens (primary N) is 1. The predicted molar refractivity (Wildman–Crippen MR) is 75.3 cm³/mol. The van der Waals surface area contributed by atoms with Crippen molar-refractivity contribution in [3.8, 4) is 5.75 Å². The lowest BCUT2D eigenvalue weighted by Crippen LogP contribution is -2.42. The van der Waals surface area contributed by atoms with E-state index in [0.717, 1.165) is 25.7 Å². The minimum Gasteiger partial charge on any atom is -0.484 e. The third-order valence-electron chi connectivity index (χ3n) is 3.32. The molecule has 1 aromatic carbocycles. The lowest BCUT2D eigenvalue weighted by molar-refractivity contribution is -0.124. The average Bonchev–Trinajstić information content (AvgIpc) is 2.41. The fourth-order valence-corrected chi connectivity index (χ4v) is 2.34. The summed E-state index contributed by atoms with van der Waals surface area (Å²) in [5.41, 5.74) is 5.83. The number of carbonyl (C=O) groups excluding carboxylic acids is 1. The first kappa shape index (κ1) is 14.2. The van der Waals surface area contributed by atoms with Crippen LogP contribution in [0.4, 0.5) is 0 Å². The van der Waals surface area contributed by atoms with Gasteiger partial charge in [-0.25, -0.2) is 0 Å². The van der Waals surface area contributed by atoms with Gasteiger partial charge in [0.1, 0.15) is 5.75 Å². The highest BCUT2D eigenvalue weighted by Gasteiger charge is 2.19. The fourth-order valence-electron chi connectivity index (χ4n) is 2.21. The van der Waals surface area contributed by atoms with Crippen LogP contribution in [-0.2, 0) is 4.79 Å². The first-order valence-corrected chi connectivity index (χ1v) is 6.94. The lowest BCUT2D eigenvalue weighted by Gasteiger charge is -2.26. The monoisotopic (exact) mass is 282 g/mol. The van der Waals surface area contributed by atoms with E-state index in [2.05, 4.69) is 5.32 Å². The molecule has 1 aliphatic rings. The first-order chi connectivity index (χ1) is 9.13. The van der Waals surface area contributed by atoms with Crippen LogP contribution in [0, 0.1) is 0 Å². The van der Waals surface area contributed by atoms with Crippen molar-refractivity contribution in [2.45, 2.75) is 37.8 Å². The SMILES string of the molecule is N[C@H]1CC[C@H](NC(=O)COc2ccc(Cl)cc2)CC1. The molecule has 0 atom stereocenters. The maximum Gasteiger partial charge on any atom is 0.258 e. The van der Waals surface area contributed by atoms with Crippen LogP contribution in [0.3, 0.4) is 0 Å². The Bertz CT molecular complexity index is 414. The zero-order valence-electron chi connectivity index (χ0n) is 10.8. The molecule has 0 saturated heterocycles. The number of hydrogen-bond acceptors (Lipinski definition) is 3. The summed E-state index contributed by atoms with van der Waals surface area (Å²) >= 11 is 5.77. The van der Waals surface area contributed by atoms with Gasteiger partial charge < -0.3 is 15.8 Å². The number of hydrogen-bond donors (Lipinski definition) is 2. The maximum absolute atomic E-state index is 11.7. The molecule has 1 amide bonds. The summed E-state index contributed by atoms with van der Waals surface area (Å²) in [4.78, 5) is 11.7. The van der Waals surface area contributed by atoms with E-state index in [-0.39, 0.29) is 18.6 Å². The van der Waals surface area contributed by atoms with Crippen LogP contribution >= 0.6 is 11.6 Å². The molecule has 104 valence electrons. The number of rotatable bonds is 4. The van der Waals surface area contributed by atoms with Crippen molar-refractivity contribution in [1.29, 1.82) is 0 Å². The van der Waals surface area contributed by atoms with Crippen molar-refractivity contribution in [3.63, 3.8) is 0 Å². The topological polar surface area (TPSA) is 64.3 Å². The van der Waals surface area contributed by atoms with E-state index in [1.54, 1.807) is 24.3 Å². The maximum atomic E-state index is 11.7. The van der Waals surface area contributed by atoms with Crippen molar-refractivity contribution in [2.75, 3.05) is 6.61 Å². The van der Waals surface area contributed by atoms with Gasteiger partial charge in [-0.1, -0.05) is 11.6 Å². The van der Waals surface area contributed by atoms with Gasteiger partial charge in [0.25, 0.3) is 5.91 Å². The van der Waals surface area contributed by atoms with E-state index in [0.29, 0.717) is 16.8 Å². The number of ether oxygens (including phenoxy) is 1. The molecule has 0 aromatic heterocycles. The number of benzene rings is 1. The molecular formula is C14H19ClN2O2. The molecule has 19 heavy (non-hydrogen) atoms. The molecule has 0 aliphatic heterocycles. The Morgan fingerprint density at radius 1 is 1.26 bits per heavy atom. The van der Waals surface area contributed by atoms with E-state index in [1.165, 1.54) is 0 Å². The van der Waals surface area contributed by atoms with Gasteiger partial charge >= 0.3 is 0 Å². The second-order valence-electron chi connectivity index (χ2n) is 4.92. The van der Waals surface area contributed by atoms with Crippen LogP contribution in [0.1, 0.15) is 25.7 Å². The third-order valence-corrected chi connectivity index (χ3v) is 3.57. The van der Waals surface area contributed by atoms with E-state index >= 15 is 0 Å². The second kappa shape index (κ2) is 6.78. The minimum absolute atomic E-state index is 0.0319. The van der Waals surface area contributed by atoms with Gasteiger partial charge in [-0.2, -0.15) is 0 Å². The van der Waals surface area contributed by atoms with E-state index < -0.39 is 0 Å². The fraction of sp³-hybridized carbons (Fsp3) is 0.500. The Balaban J connectivity index is 1.71. The molecule has 1 aromatic rings. The predicted octanol–water partition coefficient (Wildman–Crippen LogP) is 2.10. The Labute approximate surface area is 118 Å². The van der Waals surface area contributed by atoms with Gasteiger partial charge in [0, 0.05) is 17.1 Å². The van der Waals surface area contributed by atoms with Crippen molar-refractivity contribution >= 4 is 17.5 Å². The van der Waals surface area contributed by atoms with Crippen LogP contribution in [0.2, 0.25) is 5.02 Å². The normalized spacial score (nSPS) is 22.8. The zero-order valence-corrected chi connectivity index (χ0v) is 11.5. The van der Waals surface area contributed by atoms with Crippen LogP contribution in [0.25, 0.3) is 0 Å². The Kier molecular flexibility index (Phi) is 5.05. The van der Waals surface area contributed by atoms with Crippen LogP contribution in [-0.4, -0.2) is 24.6 Å². The average molecular weight is 283 g/mol. The smallest absolute Gasteiger partial charge is 0.258 e. The molecule has 1 fully saturated rings. The zero-order chi connectivity index (χ0) is 13.7. The molecule has 5 heteroatoms. The number of carbonyl (C=O) groups is 1. The summed E-state index contributed by atoms with van der Waals surface area (Å²) in [6.07, 6.45) is 3.85. The van der Waals surface area contributed by atoms with Crippen LogP contribution in [0.15, 0.2) is 24.3 Å². The molecule has 0 unspecified atom stereocenters. The highest BCUT2D eigenvalue weighted by atomic mass is 35.5. The third kappa shape index (κ3) is 4.73. The van der Waals surface area contributed by atoms with Gasteiger partial charge in [0.15, 0.2) is 6.61 Å². The van der Waals surface area contributed by atoms with Crippen molar-refractivity contribution in [3.05, 3.63) is 29.3 Å². The molecule has 0 bridgehead atoms. The quantitative estimate of drug-likeness (QED) is 0.889. The highest BCUT2D eigenvalue weighted by Crippen LogP contribution is 2.17. The first-order valence-electron chi connectivity index (χ1n) is 6.57. The molecule has 1 saturated carbocycles. The van der Waals surface area contributed by atoms with E-state index in [4.69, 9.17) is 22.1 Å². The number of amides is 1. The van der Waals surface area contributed by atoms with Crippen LogP contribution < -0.4 is 15.8 Å². The Morgan fingerprint density at radius 3 is 2.53 bits per heavy atom. The van der Waals surface area contributed by atoms with Crippen molar-refractivity contribution in [2.24, 2.45) is 5.73 Å². The van der Waals surface area contributed by atoms with Gasteiger partial charge in [0.2, 0.25) is 0 Å². The summed E-state index contributed by atoms with van der Waals surface area (Å²) in [6, 6.07) is 7.48. The van der Waals surface area contributed by atoms with Gasteiger partial charge in [-0.3, -0.25) is 4.79 Å². The summed E-state index contributed by atoms with van der Waals surface area (Å²) in [5.74, 6) is 0.556. The Hall–Kier alpha value is -1.26. The molecule has 4 nitrogen and oxygen atoms in total. The summed E-state index contributed by atoms with van der Waals surface area (Å²) in [5, 5.41) is 3.62. The molecule has 1 aliphatic carbocycles. The van der Waals surface area contributed by atoms with Crippen LogP contribution in [0.5, 0.6) is 5.75 Å². The summed E-state index contributed by atoms with van der Waals surface area (Å²) in [7, 11) is 0. The summed E-state index contributed by atoms with van der Waals surface area (Å²) < 4.78 is 5.39. The number of nitrogens with one attached hydrogen (secondary N) is 1. The van der Waals surface area contributed by atoms with E-state index in [1.807, 2.05) is 0 Å². The van der Waals surface area contributed by atoms with Gasteiger partial charge in [-0.15, -0.1) is 0 Å². The molecule has 3 N–H and O–H groups in total. The Morgan fingerprint density at radius 2 is 1.89 bits per heavy atom. The molecular weight excluding hydrogens is 264 g/mol. The standard InChI is InChI=1S/C14H19ClN2O2/c15-10-1-7-13(8-2-10)19-9-14(18)17-12-5-3-11(16)4-6-12/h1-2,7-8,11-12H,3-6,9,16H2,(H,17,18)/t11-,12-. The molecule has 0 radical (unpaired) electrons.